The van der Waals surface area contributed by atoms with Crippen molar-refractivity contribution < 1.29 is 33.5 Å². The number of oxime groups is 1. The van der Waals surface area contributed by atoms with Crippen molar-refractivity contribution in [2.75, 3.05) is 20.2 Å². The highest BCUT2D eigenvalue weighted by Gasteiger charge is 2.35. The third kappa shape index (κ3) is 7.55. The number of urea groups is 1. The number of carboxylic acids is 1. The lowest BCUT2D eigenvalue weighted by atomic mass is 9.97. The molecule has 3 aromatic rings. The maximum Gasteiger partial charge on any atom is 0.335 e. The van der Waals surface area contributed by atoms with E-state index in [1.165, 1.54) is 37.4 Å². The Bertz CT molecular complexity index is 1480. The van der Waals surface area contributed by atoms with Gasteiger partial charge >= 0.3 is 12.0 Å². The first-order chi connectivity index (χ1) is 20.2. The molecule has 0 radical (unpaired) electrons. The van der Waals surface area contributed by atoms with Gasteiger partial charge in [0.05, 0.1) is 31.2 Å². The lowest BCUT2D eigenvalue weighted by molar-refractivity contribution is -0.131. The van der Waals surface area contributed by atoms with Crippen LogP contribution in [0.25, 0.3) is 0 Å². The second kappa shape index (κ2) is 13.8. The molecule has 1 fully saturated rings. The molecule has 0 unspecified atom stereocenters. The molecule has 0 aliphatic carbocycles. The zero-order valence-electron chi connectivity index (χ0n) is 23.0. The summed E-state index contributed by atoms with van der Waals surface area (Å²) in [4.78, 5) is 45.1. The van der Waals surface area contributed by atoms with Crippen LogP contribution < -0.4 is 20.2 Å². The number of nitrogens with one attached hydrogen (secondary N) is 2. The number of amides is 3. The Morgan fingerprint density at radius 2 is 1.95 bits per heavy atom. The zero-order chi connectivity index (χ0) is 30.2. The predicted molar refractivity (Wildman–Crippen MR) is 154 cm³/mol. The van der Waals surface area contributed by atoms with Crippen LogP contribution in [0.15, 0.2) is 71.9 Å². The van der Waals surface area contributed by atoms with Gasteiger partial charge in [-0.3, -0.25) is 9.69 Å². The van der Waals surface area contributed by atoms with Crippen LogP contribution in [0.2, 0.25) is 5.02 Å². The third-order valence-electron chi connectivity index (χ3n) is 6.75. The van der Waals surface area contributed by atoms with Crippen LogP contribution >= 0.6 is 11.6 Å². The van der Waals surface area contributed by atoms with Crippen LogP contribution in [-0.4, -0.2) is 53.9 Å². The van der Waals surface area contributed by atoms with Crippen molar-refractivity contribution in [3.63, 3.8) is 0 Å². The summed E-state index contributed by atoms with van der Waals surface area (Å²) in [5.74, 6) is -1.86. The number of halogens is 2. The molecule has 3 amide bonds. The first kappa shape index (κ1) is 30.3. The van der Waals surface area contributed by atoms with Gasteiger partial charge in [-0.25, -0.2) is 14.0 Å². The van der Waals surface area contributed by atoms with Crippen LogP contribution in [0.4, 0.5) is 9.18 Å². The van der Waals surface area contributed by atoms with Gasteiger partial charge < -0.3 is 25.3 Å². The maximum absolute atomic E-state index is 13.8. The fourth-order valence-corrected chi connectivity index (χ4v) is 4.73. The number of rotatable bonds is 9. The van der Waals surface area contributed by atoms with E-state index in [-0.39, 0.29) is 36.7 Å². The van der Waals surface area contributed by atoms with Crippen molar-refractivity contribution in [1.29, 1.82) is 0 Å². The van der Waals surface area contributed by atoms with Gasteiger partial charge in [-0.2, -0.15) is 0 Å². The number of ether oxygens (including phenoxy) is 1. The smallest absolute Gasteiger partial charge is 0.335 e. The van der Waals surface area contributed by atoms with E-state index < -0.39 is 35.7 Å². The van der Waals surface area contributed by atoms with E-state index in [0.717, 1.165) is 11.0 Å². The summed E-state index contributed by atoms with van der Waals surface area (Å²) in [5.41, 5.74) is 1.48. The molecule has 42 heavy (non-hydrogen) atoms. The molecular weight excluding hydrogens is 567 g/mol. The highest BCUT2D eigenvalue weighted by atomic mass is 35.5. The zero-order valence-corrected chi connectivity index (χ0v) is 23.7. The molecule has 3 N–H and O–H groups in total. The van der Waals surface area contributed by atoms with Gasteiger partial charge in [0.1, 0.15) is 11.6 Å². The molecule has 0 bridgehead atoms. The second-order valence-corrected chi connectivity index (χ2v) is 10.0. The van der Waals surface area contributed by atoms with E-state index in [9.17, 15) is 23.9 Å². The molecular formula is C30H30ClFN4O6. The van der Waals surface area contributed by atoms with Crippen molar-refractivity contribution in [1.82, 2.24) is 15.5 Å². The number of nitrogens with zero attached hydrogens (tertiary/aromatic N) is 2. The van der Waals surface area contributed by atoms with E-state index in [4.69, 9.17) is 21.2 Å². The maximum atomic E-state index is 13.8. The minimum atomic E-state index is -1.06. The van der Waals surface area contributed by atoms with E-state index in [2.05, 4.69) is 15.8 Å². The monoisotopic (exact) mass is 596 g/mol. The van der Waals surface area contributed by atoms with Crippen molar-refractivity contribution in [3.8, 4) is 11.5 Å². The topological polar surface area (TPSA) is 130 Å². The largest absolute Gasteiger partial charge is 0.496 e. The van der Waals surface area contributed by atoms with Crippen LogP contribution in [0.5, 0.6) is 11.5 Å². The summed E-state index contributed by atoms with van der Waals surface area (Å²) in [7, 11) is 1.52. The summed E-state index contributed by atoms with van der Waals surface area (Å²) < 4.78 is 19.1. The Labute approximate surface area is 247 Å². The summed E-state index contributed by atoms with van der Waals surface area (Å²) >= 11 is 6.21. The molecule has 0 saturated carbocycles. The number of aromatic carboxylic acids is 1. The van der Waals surface area contributed by atoms with Crippen molar-refractivity contribution >= 4 is 35.3 Å². The molecule has 0 aromatic heterocycles. The average molecular weight is 597 g/mol. The molecule has 12 heteroatoms. The van der Waals surface area contributed by atoms with Gasteiger partial charge in [0.15, 0.2) is 11.6 Å². The highest BCUT2D eigenvalue weighted by Crippen LogP contribution is 2.27. The van der Waals surface area contributed by atoms with Crippen molar-refractivity contribution in [3.05, 3.63) is 94.3 Å². The van der Waals surface area contributed by atoms with Gasteiger partial charge in [0.25, 0.3) is 0 Å². The SMILES string of the molecule is CC[C@@H](NC(=O)N1C/C(=N/Oc2cccc(F)c2)NC[C@@H](Cc2cc(Cl)ccc2OC)C1=O)c1ccc(C(=O)O)cc1. The Kier molecular flexibility index (Phi) is 9.98. The van der Waals surface area contributed by atoms with Crippen LogP contribution in [0.3, 0.4) is 0 Å². The number of carboxylic acid groups (broad SMARTS) is 1. The molecule has 2 atom stereocenters. The lowest BCUT2D eigenvalue weighted by Crippen LogP contribution is -2.48. The predicted octanol–water partition coefficient (Wildman–Crippen LogP) is 5.03. The third-order valence-corrected chi connectivity index (χ3v) is 6.99. The molecule has 4 rings (SSSR count). The number of imide groups is 1. The lowest BCUT2D eigenvalue weighted by Gasteiger charge is -2.26. The van der Waals surface area contributed by atoms with Crippen LogP contribution in [0.1, 0.15) is 40.9 Å². The first-order valence-electron chi connectivity index (χ1n) is 13.2. The summed E-state index contributed by atoms with van der Waals surface area (Å²) in [5, 5.41) is 19.7. The Morgan fingerprint density at radius 3 is 2.62 bits per heavy atom. The standard InChI is InChI=1S/C30H30ClFN4O6/c1-3-25(18-7-9-19(10-8-18)29(38)39)34-30(40)36-17-27(35-42-24-6-4-5-23(32)15-24)33-16-21(28(36)37)13-20-14-22(31)11-12-26(20)41-2/h4-12,14-15,21,25H,3,13,16-17H2,1-2H3,(H,33,35)(H,34,40)(H,38,39)/t21-,25-/m1/s1. The number of carbonyl (C=O) groups excluding carboxylic acids is 2. The summed E-state index contributed by atoms with van der Waals surface area (Å²) in [6.45, 7) is 1.74. The fraction of sp³-hybridized carbons (Fsp3) is 0.267. The number of amidine groups is 1. The average Bonchev–Trinajstić information content (AvgIpc) is 3.13. The first-order valence-corrected chi connectivity index (χ1v) is 13.6. The fourth-order valence-electron chi connectivity index (χ4n) is 4.53. The van der Waals surface area contributed by atoms with Crippen molar-refractivity contribution in [2.24, 2.45) is 11.1 Å². The van der Waals surface area contributed by atoms with Crippen LogP contribution in [0, 0.1) is 11.7 Å². The van der Waals surface area contributed by atoms with Gasteiger partial charge in [0, 0.05) is 17.6 Å². The number of carbonyl (C=O) groups is 3. The molecule has 220 valence electrons. The number of methoxy groups -OCH3 is 1. The molecule has 1 saturated heterocycles. The molecule has 0 spiro atoms. The van der Waals surface area contributed by atoms with Crippen molar-refractivity contribution in [2.45, 2.75) is 25.8 Å². The summed E-state index contributed by atoms with van der Waals surface area (Å²) in [6, 6.07) is 15.5. The van der Waals surface area contributed by atoms with Crippen LogP contribution in [-0.2, 0) is 11.2 Å². The van der Waals surface area contributed by atoms with E-state index in [1.54, 1.807) is 30.3 Å². The number of benzene rings is 3. The second-order valence-electron chi connectivity index (χ2n) is 9.59. The molecule has 10 nitrogen and oxygen atoms in total. The number of hydrogen-bond acceptors (Lipinski definition) is 6. The normalized spacial score (nSPS) is 16.8. The molecule has 1 aliphatic rings. The Balaban J connectivity index is 1.60. The summed E-state index contributed by atoms with van der Waals surface area (Å²) in [6.07, 6.45) is 0.691. The van der Waals surface area contributed by atoms with Gasteiger partial charge in [-0.1, -0.05) is 41.9 Å². The minimum Gasteiger partial charge on any atom is -0.496 e. The molecule has 1 aliphatic heterocycles. The minimum absolute atomic E-state index is 0.118. The van der Waals surface area contributed by atoms with E-state index >= 15 is 0 Å². The Hall–Kier alpha value is -4.64. The quantitative estimate of drug-likeness (QED) is 0.295. The highest BCUT2D eigenvalue weighted by molar-refractivity contribution is 6.30. The number of hydrogen-bond donors (Lipinski definition) is 3. The van der Waals surface area contributed by atoms with E-state index in [1.807, 2.05) is 6.92 Å². The molecule has 3 aromatic carbocycles. The molecule has 1 heterocycles. The van der Waals surface area contributed by atoms with Gasteiger partial charge in [0.2, 0.25) is 5.91 Å². The Morgan fingerprint density at radius 1 is 1.19 bits per heavy atom. The van der Waals surface area contributed by atoms with Gasteiger partial charge in [-0.05, 0) is 66.4 Å². The van der Waals surface area contributed by atoms with Gasteiger partial charge in [-0.15, -0.1) is 0 Å². The van der Waals surface area contributed by atoms with E-state index in [0.29, 0.717) is 28.3 Å².